The van der Waals surface area contributed by atoms with Gasteiger partial charge in [-0.1, -0.05) is 51.3 Å². The largest absolute Gasteiger partial charge is 0.388 e. The van der Waals surface area contributed by atoms with E-state index >= 15 is 0 Å². The van der Waals surface area contributed by atoms with Crippen LogP contribution in [0.3, 0.4) is 0 Å². The van der Waals surface area contributed by atoms with Gasteiger partial charge in [-0.15, -0.1) is 24.0 Å². The van der Waals surface area contributed by atoms with E-state index in [4.69, 9.17) is 5.73 Å². The summed E-state index contributed by atoms with van der Waals surface area (Å²) < 4.78 is 0. The number of halogens is 1. The Morgan fingerprint density at radius 1 is 1.17 bits per heavy atom. The molecule has 4 N–H and O–H groups in total. The van der Waals surface area contributed by atoms with Crippen LogP contribution in [0.15, 0.2) is 23.2 Å². The summed E-state index contributed by atoms with van der Waals surface area (Å²) in [5.74, 6) is 0.398. The number of aliphatic imine (C=N–C) groups is 1. The van der Waals surface area contributed by atoms with Crippen LogP contribution < -0.4 is 11.1 Å². The van der Waals surface area contributed by atoms with Crippen LogP contribution in [0.1, 0.15) is 57.1 Å². The molecular formula is C18H30IN3O. The zero-order valence-electron chi connectivity index (χ0n) is 14.3. The van der Waals surface area contributed by atoms with Crippen molar-refractivity contribution in [2.75, 3.05) is 11.9 Å². The van der Waals surface area contributed by atoms with Crippen LogP contribution in [-0.4, -0.2) is 23.2 Å². The van der Waals surface area contributed by atoms with Crippen molar-refractivity contribution < 1.29 is 5.11 Å². The molecule has 1 fully saturated rings. The van der Waals surface area contributed by atoms with E-state index in [1.165, 1.54) is 17.5 Å². The first-order valence-electron chi connectivity index (χ1n) is 8.48. The first kappa shape index (κ1) is 20.2. The Bertz CT molecular complexity index is 503. The molecule has 0 saturated heterocycles. The van der Waals surface area contributed by atoms with Gasteiger partial charge in [0.1, 0.15) is 0 Å². The zero-order valence-corrected chi connectivity index (χ0v) is 16.6. The third kappa shape index (κ3) is 5.64. The Morgan fingerprint density at radius 2 is 1.74 bits per heavy atom. The third-order valence-electron chi connectivity index (χ3n) is 4.58. The number of aryl methyl sites for hydroxylation is 2. The lowest BCUT2D eigenvalue weighted by atomic mass is 9.85. The Kier molecular flexibility index (Phi) is 8.33. The number of nitrogens with one attached hydrogen (secondary N) is 1. The molecule has 0 heterocycles. The van der Waals surface area contributed by atoms with E-state index in [0.717, 1.165) is 44.2 Å². The van der Waals surface area contributed by atoms with E-state index in [-0.39, 0.29) is 24.0 Å². The van der Waals surface area contributed by atoms with E-state index < -0.39 is 5.60 Å². The smallest absolute Gasteiger partial charge is 0.193 e. The molecule has 0 atom stereocenters. The highest BCUT2D eigenvalue weighted by Gasteiger charge is 2.28. The highest BCUT2D eigenvalue weighted by Crippen LogP contribution is 2.28. The summed E-state index contributed by atoms with van der Waals surface area (Å²) in [5, 5.41) is 13.8. The van der Waals surface area contributed by atoms with Gasteiger partial charge in [-0.2, -0.15) is 0 Å². The number of benzene rings is 1. The average molecular weight is 431 g/mol. The highest BCUT2D eigenvalue weighted by atomic mass is 127. The van der Waals surface area contributed by atoms with Crippen LogP contribution in [0, 0.1) is 0 Å². The molecule has 2 rings (SSSR count). The Labute approximate surface area is 157 Å². The number of rotatable bonds is 5. The summed E-state index contributed by atoms with van der Waals surface area (Å²) in [7, 11) is 0. The van der Waals surface area contributed by atoms with Gasteiger partial charge in [0, 0.05) is 5.69 Å². The van der Waals surface area contributed by atoms with Crippen LogP contribution in [-0.2, 0) is 12.8 Å². The second kappa shape index (κ2) is 9.47. The van der Waals surface area contributed by atoms with Gasteiger partial charge in [-0.3, -0.25) is 4.99 Å². The van der Waals surface area contributed by atoms with Crippen molar-refractivity contribution in [1.29, 1.82) is 0 Å². The standard InChI is InChI=1S/C18H29N3O.HI/c1-3-14-9-8-10-15(4-2)16(14)21-17(19)20-13-18(22)11-6-5-7-12-18;/h8-10,22H,3-7,11-13H2,1-2H3,(H3,19,20,21);1H. The van der Waals surface area contributed by atoms with Crippen molar-refractivity contribution in [1.82, 2.24) is 0 Å². The molecule has 1 aliphatic rings. The molecule has 0 unspecified atom stereocenters. The van der Waals surface area contributed by atoms with E-state index in [1.807, 2.05) is 0 Å². The molecule has 0 bridgehead atoms. The van der Waals surface area contributed by atoms with Gasteiger partial charge >= 0.3 is 0 Å². The molecule has 1 aromatic carbocycles. The lowest BCUT2D eigenvalue weighted by Gasteiger charge is -2.30. The van der Waals surface area contributed by atoms with Crippen molar-refractivity contribution in [3.63, 3.8) is 0 Å². The number of nitrogens with zero attached hydrogens (tertiary/aromatic N) is 1. The molecule has 23 heavy (non-hydrogen) atoms. The zero-order chi connectivity index (χ0) is 16.0. The maximum atomic E-state index is 10.5. The van der Waals surface area contributed by atoms with Crippen LogP contribution in [0.25, 0.3) is 0 Å². The summed E-state index contributed by atoms with van der Waals surface area (Å²) in [5.41, 5.74) is 8.95. The van der Waals surface area contributed by atoms with Crippen LogP contribution in [0.2, 0.25) is 0 Å². The number of aliphatic hydroxyl groups is 1. The third-order valence-corrected chi connectivity index (χ3v) is 4.58. The fourth-order valence-corrected chi connectivity index (χ4v) is 3.17. The summed E-state index contributed by atoms with van der Waals surface area (Å²) in [4.78, 5) is 4.40. The van der Waals surface area contributed by atoms with E-state index in [2.05, 4.69) is 42.4 Å². The lowest BCUT2D eigenvalue weighted by molar-refractivity contribution is 0.0132. The SMILES string of the molecule is CCc1cccc(CC)c1NC(N)=NCC1(O)CCCCC1.I. The molecule has 0 amide bonds. The molecule has 1 saturated carbocycles. The topological polar surface area (TPSA) is 70.6 Å². The van der Waals surface area contributed by atoms with E-state index in [0.29, 0.717) is 12.5 Å². The predicted octanol–water partition coefficient (Wildman–Crippen LogP) is 3.85. The quantitative estimate of drug-likeness (QED) is 0.377. The van der Waals surface area contributed by atoms with Crippen LogP contribution in [0.4, 0.5) is 5.69 Å². The predicted molar refractivity (Wildman–Crippen MR) is 109 cm³/mol. The first-order chi connectivity index (χ1) is 10.6. The number of anilines is 1. The van der Waals surface area contributed by atoms with Crippen molar-refractivity contribution in [3.05, 3.63) is 29.3 Å². The van der Waals surface area contributed by atoms with Gasteiger partial charge < -0.3 is 16.2 Å². The minimum atomic E-state index is -0.664. The molecule has 0 aromatic heterocycles. The van der Waals surface area contributed by atoms with E-state index in [9.17, 15) is 5.11 Å². The highest BCUT2D eigenvalue weighted by molar-refractivity contribution is 14.0. The lowest BCUT2D eigenvalue weighted by Crippen LogP contribution is -2.36. The second-order valence-corrected chi connectivity index (χ2v) is 6.27. The van der Waals surface area contributed by atoms with Crippen LogP contribution in [0.5, 0.6) is 0 Å². The molecule has 5 heteroatoms. The summed E-state index contributed by atoms with van der Waals surface area (Å²) >= 11 is 0. The second-order valence-electron chi connectivity index (χ2n) is 6.27. The summed E-state index contributed by atoms with van der Waals surface area (Å²) in [6, 6.07) is 6.31. The van der Waals surface area contributed by atoms with Gasteiger partial charge in [0.05, 0.1) is 12.1 Å². The van der Waals surface area contributed by atoms with E-state index in [1.54, 1.807) is 0 Å². The summed E-state index contributed by atoms with van der Waals surface area (Å²) in [6.45, 7) is 4.66. The molecule has 0 radical (unpaired) electrons. The van der Waals surface area contributed by atoms with Crippen molar-refractivity contribution in [2.45, 2.75) is 64.4 Å². The molecule has 0 spiro atoms. The van der Waals surface area contributed by atoms with Gasteiger partial charge in [-0.05, 0) is 36.8 Å². The normalized spacial score (nSPS) is 17.4. The number of guanidine groups is 1. The molecule has 1 aromatic rings. The van der Waals surface area contributed by atoms with Crippen LogP contribution >= 0.6 is 24.0 Å². The number of hydrogen-bond acceptors (Lipinski definition) is 2. The minimum Gasteiger partial charge on any atom is -0.388 e. The Morgan fingerprint density at radius 3 is 2.26 bits per heavy atom. The Hall–Kier alpha value is -0.820. The van der Waals surface area contributed by atoms with Crippen molar-refractivity contribution in [3.8, 4) is 0 Å². The maximum Gasteiger partial charge on any atom is 0.193 e. The van der Waals surface area contributed by atoms with Crippen molar-refractivity contribution in [2.24, 2.45) is 10.7 Å². The van der Waals surface area contributed by atoms with Gasteiger partial charge in [0.15, 0.2) is 5.96 Å². The molecule has 4 nitrogen and oxygen atoms in total. The number of nitrogens with two attached hydrogens (primary N) is 1. The minimum absolute atomic E-state index is 0. The maximum absolute atomic E-state index is 10.5. The van der Waals surface area contributed by atoms with Gasteiger partial charge in [-0.25, -0.2) is 0 Å². The fourth-order valence-electron chi connectivity index (χ4n) is 3.17. The molecule has 1 aliphatic carbocycles. The fraction of sp³-hybridized carbons (Fsp3) is 0.611. The first-order valence-corrected chi connectivity index (χ1v) is 8.48. The number of hydrogen-bond donors (Lipinski definition) is 3. The van der Waals surface area contributed by atoms with Gasteiger partial charge in [0.2, 0.25) is 0 Å². The van der Waals surface area contributed by atoms with Gasteiger partial charge in [0.25, 0.3) is 0 Å². The number of para-hydroxylation sites is 1. The van der Waals surface area contributed by atoms with Crippen molar-refractivity contribution >= 4 is 35.6 Å². The monoisotopic (exact) mass is 431 g/mol. The molecular weight excluding hydrogens is 401 g/mol. The Balaban J connectivity index is 0.00000264. The molecule has 130 valence electrons. The summed E-state index contributed by atoms with van der Waals surface area (Å²) in [6.07, 6.45) is 6.94. The molecule has 0 aliphatic heterocycles. The average Bonchev–Trinajstić information content (AvgIpc) is 2.54.